The molecule has 1 atom stereocenters. The highest BCUT2D eigenvalue weighted by molar-refractivity contribution is 5.93. The molecule has 1 aliphatic heterocycles. The first-order chi connectivity index (χ1) is 12.3. The third-order valence-corrected chi connectivity index (χ3v) is 4.36. The van der Waals surface area contributed by atoms with E-state index in [-0.39, 0.29) is 17.6 Å². The van der Waals surface area contributed by atoms with Crippen molar-refractivity contribution in [2.24, 2.45) is 0 Å². The first-order valence-electron chi connectivity index (χ1n) is 8.36. The highest BCUT2D eigenvalue weighted by Gasteiger charge is 2.25. The number of amides is 1. The lowest BCUT2D eigenvalue weighted by molar-refractivity contribution is 0.0928. The number of carbonyl (C=O) groups excluding carboxylic acids is 1. The topological polar surface area (TPSA) is 71.5 Å². The number of benzene rings is 1. The summed E-state index contributed by atoms with van der Waals surface area (Å²) in [6.07, 6.45) is 2.49. The lowest BCUT2D eigenvalue weighted by atomic mass is 10.2. The van der Waals surface area contributed by atoms with Crippen LogP contribution in [0.5, 0.6) is 0 Å². The molecule has 1 fully saturated rings. The van der Waals surface area contributed by atoms with Crippen LogP contribution in [-0.4, -0.2) is 35.1 Å². The Morgan fingerprint density at radius 1 is 1.20 bits per heavy atom. The Bertz CT molecular complexity index is 827. The van der Waals surface area contributed by atoms with Crippen molar-refractivity contribution in [1.29, 1.82) is 0 Å². The molecule has 1 saturated heterocycles. The predicted molar refractivity (Wildman–Crippen MR) is 91.8 cm³/mol. The number of furan rings is 1. The van der Waals surface area contributed by atoms with E-state index in [0.717, 1.165) is 26.1 Å². The number of carbonyl (C=O) groups is 1. The van der Waals surface area contributed by atoms with E-state index >= 15 is 0 Å². The fraction of sp³-hybridized carbons (Fsp3) is 0.263. The number of nitrogens with zero attached hydrogens (tertiary/aromatic N) is 2. The number of nitrogens with one attached hydrogen (secondary N) is 1. The second-order valence-electron chi connectivity index (χ2n) is 6.23. The summed E-state index contributed by atoms with van der Waals surface area (Å²) in [5.74, 6) is 0.793. The maximum atomic E-state index is 12.4. The molecule has 2 aromatic heterocycles. The van der Waals surface area contributed by atoms with Crippen LogP contribution in [0, 0.1) is 0 Å². The van der Waals surface area contributed by atoms with Gasteiger partial charge in [0.15, 0.2) is 11.5 Å². The molecule has 6 nitrogen and oxygen atoms in total. The van der Waals surface area contributed by atoms with Gasteiger partial charge < -0.3 is 14.3 Å². The Morgan fingerprint density at radius 2 is 2.08 bits per heavy atom. The summed E-state index contributed by atoms with van der Waals surface area (Å²) < 4.78 is 10.4. The fourth-order valence-electron chi connectivity index (χ4n) is 3.11. The average Bonchev–Trinajstić information content (AvgIpc) is 3.37. The standard InChI is InChI=1S/C19H19N3O3/c23-19(16-11-18(25-21-16)17-7-4-10-24-17)20-15-8-9-22(13-15)12-14-5-2-1-3-6-14/h1-7,10-11,15H,8-9,12-13H2,(H,20,23). The van der Waals surface area contributed by atoms with E-state index in [1.165, 1.54) is 5.56 Å². The third kappa shape index (κ3) is 3.64. The Hall–Kier alpha value is -2.86. The summed E-state index contributed by atoms with van der Waals surface area (Å²) in [5.41, 5.74) is 1.56. The van der Waals surface area contributed by atoms with Gasteiger partial charge in [-0.05, 0) is 24.1 Å². The Kier molecular flexibility index (Phi) is 4.35. The number of hydrogen-bond donors (Lipinski definition) is 1. The van der Waals surface area contributed by atoms with Crippen molar-refractivity contribution in [1.82, 2.24) is 15.4 Å². The van der Waals surface area contributed by atoms with Crippen LogP contribution in [-0.2, 0) is 6.54 Å². The van der Waals surface area contributed by atoms with Crippen LogP contribution in [0.15, 0.2) is 63.7 Å². The quantitative estimate of drug-likeness (QED) is 0.775. The van der Waals surface area contributed by atoms with Crippen molar-refractivity contribution in [3.05, 3.63) is 66.1 Å². The highest BCUT2D eigenvalue weighted by atomic mass is 16.5. The molecule has 25 heavy (non-hydrogen) atoms. The molecule has 6 heteroatoms. The molecule has 3 aromatic rings. The minimum Gasteiger partial charge on any atom is -0.461 e. The van der Waals surface area contributed by atoms with Gasteiger partial charge >= 0.3 is 0 Å². The van der Waals surface area contributed by atoms with Crippen molar-refractivity contribution in [3.63, 3.8) is 0 Å². The highest BCUT2D eigenvalue weighted by Crippen LogP contribution is 2.21. The average molecular weight is 337 g/mol. The zero-order chi connectivity index (χ0) is 17.1. The summed E-state index contributed by atoms with van der Waals surface area (Å²) in [5, 5.41) is 6.88. The van der Waals surface area contributed by atoms with Gasteiger partial charge in [-0.25, -0.2) is 0 Å². The molecule has 3 heterocycles. The minimum atomic E-state index is -0.215. The van der Waals surface area contributed by atoms with Gasteiger partial charge in [0.1, 0.15) is 0 Å². The second-order valence-corrected chi connectivity index (χ2v) is 6.23. The first-order valence-corrected chi connectivity index (χ1v) is 8.36. The monoisotopic (exact) mass is 337 g/mol. The molecule has 1 amide bonds. The van der Waals surface area contributed by atoms with Crippen LogP contribution < -0.4 is 5.32 Å². The van der Waals surface area contributed by atoms with Crippen molar-refractivity contribution in [2.75, 3.05) is 13.1 Å². The molecule has 1 N–H and O–H groups in total. The summed E-state index contributed by atoms with van der Waals surface area (Å²) in [6.45, 7) is 2.71. The molecule has 4 rings (SSSR count). The van der Waals surface area contributed by atoms with Crippen LogP contribution in [0.3, 0.4) is 0 Å². The Balaban J connectivity index is 1.33. The molecule has 0 spiro atoms. The molecule has 0 saturated carbocycles. The molecule has 1 aromatic carbocycles. The number of likely N-dealkylation sites (tertiary alicyclic amines) is 1. The van der Waals surface area contributed by atoms with E-state index in [4.69, 9.17) is 8.94 Å². The molecular weight excluding hydrogens is 318 g/mol. The van der Waals surface area contributed by atoms with Crippen molar-refractivity contribution in [3.8, 4) is 11.5 Å². The molecule has 1 unspecified atom stereocenters. The summed E-state index contributed by atoms with van der Waals surface area (Å²) in [6, 6.07) is 15.6. The van der Waals surface area contributed by atoms with Crippen LogP contribution in [0.1, 0.15) is 22.5 Å². The SMILES string of the molecule is O=C(NC1CCN(Cc2ccccc2)C1)c1cc(-c2ccco2)on1. The predicted octanol–water partition coefficient (Wildman–Crippen LogP) is 2.94. The fourth-order valence-corrected chi connectivity index (χ4v) is 3.11. The van der Waals surface area contributed by atoms with E-state index < -0.39 is 0 Å². The van der Waals surface area contributed by atoms with Gasteiger partial charge in [0.25, 0.3) is 5.91 Å². The van der Waals surface area contributed by atoms with E-state index in [0.29, 0.717) is 11.5 Å². The number of rotatable bonds is 5. The number of hydrogen-bond acceptors (Lipinski definition) is 5. The van der Waals surface area contributed by atoms with E-state index in [9.17, 15) is 4.79 Å². The molecule has 128 valence electrons. The van der Waals surface area contributed by atoms with E-state index in [2.05, 4.69) is 27.5 Å². The normalized spacial score (nSPS) is 17.7. The zero-order valence-corrected chi connectivity index (χ0v) is 13.7. The van der Waals surface area contributed by atoms with E-state index in [1.807, 2.05) is 18.2 Å². The summed E-state index contributed by atoms with van der Waals surface area (Å²) in [4.78, 5) is 14.7. The van der Waals surface area contributed by atoms with E-state index in [1.54, 1.807) is 24.5 Å². The van der Waals surface area contributed by atoms with Gasteiger partial charge in [-0.15, -0.1) is 0 Å². The van der Waals surface area contributed by atoms with Crippen LogP contribution in [0.2, 0.25) is 0 Å². The van der Waals surface area contributed by atoms with Crippen LogP contribution in [0.25, 0.3) is 11.5 Å². The summed E-state index contributed by atoms with van der Waals surface area (Å²) >= 11 is 0. The van der Waals surface area contributed by atoms with Gasteiger partial charge in [-0.1, -0.05) is 35.5 Å². The van der Waals surface area contributed by atoms with Gasteiger partial charge in [0.2, 0.25) is 5.76 Å². The molecule has 0 aliphatic carbocycles. The van der Waals surface area contributed by atoms with Crippen molar-refractivity contribution >= 4 is 5.91 Å². The van der Waals surface area contributed by atoms with Gasteiger partial charge in [-0.3, -0.25) is 9.69 Å². The third-order valence-electron chi connectivity index (χ3n) is 4.36. The zero-order valence-electron chi connectivity index (χ0n) is 13.7. The molecule has 1 aliphatic rings. The molecular formula is C19H19N3O3. The first kappa shape index (κ1) is 15.7. The van der Waals surface area contributed by atoms with Gasteiger partial charge in [0, 0.05) is 31.7 Å². The lowest BCUT2D eigenvalue weighted by Gasteiger charge is -2.16. The maximum Gasteiger partial charge on any atom is 0.273 e. The largest absolute Gasteiger partial charge is 0.461 e. The summed E-state index contributed by atoms with van der Waals surface area (Å²) in [7, 11) is 0. The van der Waals surface area contributed by atoms with Gasteiger partial charge in [-0.2, -0.15) is 0 Å². The Labute approximate surface area is 145 Å². The van der Waals surface area contributed by atoms with Gasteiger partial charge in [0.05, 0.1) is 6.26 Å². The number of aromatic nitrogens is 1. The van der Waals surface area contributed by atoms with Crippen LogP contribution in [0.4, 0.5) is 0 Å². The van der Waals surface area contributed by atoms with Crippen molar-refractivity contribution < 1.29 is 13.7 Å². The minimum absolute atomic E-state index is 0.125. The smallest absolute Gasteiger partial charge is 0.273 e. The maximum absolute atomic E-state index is 12.4. The molecule has 0 radical (unpaired) electrons. The van der Waals surface area contributed by atoms with Crippen molar-refractivity contribution in [2.45, 2.75) is 19.0 Å². The Morgan fingerprint density at radius 3 is 2.88 bits per heavy atom. The lowest BCUT2D eigenvalue weighted by Crippen LogP contribution is -2.37. The molecule has 0 bridgehead atoms. The van der Waals surface area contributed by atoms with Crippen LogP contribution >= 0.6 is 0 Å². The second kappa shape index (κ2) is 6.94.